The van der Waals surface area contributed by atoms with Gasteiger partial charge < -0.3 is 15.0 Å². The number of carbonyl (C=O) groups excluding carboxylic acids is 2. The molecule has 5 nitrogen and oxygen atoms in total. The summed E-state index contributed by atoms with van der Waals surface area (Å²) in [7, 11) is 0. The Kier molecular flexibility index (Phi) is 3.68. The first-order chi connectivity index (χ1) is 10.1. The first-order valence-corrected chi connectivity index (χ1v) is 7.34. The van der Waals surface area contributed by atoms with Crippen LogP contribution in [0.4, 0.5) is 0 Å². The average molecular weight is 288 g/mol. The smallest absolute Gasteiger partial charge is 0.250 e. The van der Waals surface area contributed by atoms with Gasteiger partial charge in [-0.1, -0.05) is 30.3 Å². The van der Waals surface area contributed by atoms with E-state index in [9.17, 15) is 9.59 Å². The Morgan fingerprint density at radius 2 is 2.10 bits per heavy atom. The van der Waals surface area contributed by atoms with Crippen molar-refractivity contribution < 1.29 is 14.3 Å². The van der Waals surface area contributed by atoms with Gasteiger partial charge >= 0.3 is 0 Å². The molecular weight excluding hydrogens is 268 g/mol. The van der Waals surface area contributed by atoms with Gasteiger partial charge in [0.25, 0.3) is 0 Å². The maximum Gasteiger partial charge on any atom is 0.250 e. The summed E-state index contributed by atoms with van der Waals surface area (Å²) in [6, 6.07) is 8.77. The van der Waals surface area contributed by atoms with Crippen molar-refractivity contribution in [1.82, 2.24) is 10.2 Å². The molecule has 2 aliphatic rings. The Bertz CT molecular complexity index is 538. The first kappa shape index (κ1) is 14.1. The molecule has 21 heavy (non-hydrogen) atoms. The van der Waals surface area contributed by atoms with Gasteiger partial charge in [-0.2, -0.15) is 0 Å². The number of carbonyl (C=O) groups is 2. The number of piperazine rings is 1. The number of rotatable bonds is 3. The van der Waals surface area contributed by atoms with Crippen molar-refractivity contribution in [3.63, 3.8) is 0 Å². The number of hydrogen-bond donors (Lipinski definition) is 1. The van der Waals surface area contributed by atoms with Crippen molar-refractivity contribution >= 4 is 11.8 Å². The Hall–Kier alpha value is -1.88. The van der Waals surface area contributed by atoms with Crippen LogP contribution in [-0.2, 0) is 14.3 Å². The van der Waals surface area contributed by atoms with E-state index < -0.39 is 6.04 Å². The molecule has 2 aliphatic heterocycles. The van der Waals surface area contributed by atoms with E-state index in [0.29, 0.717) is 6.54 Å². The van der Waals surface area contributed by atoms with Crippen LogP contribution in [0.2, 0.25) is 0 Å². The molecule has 2 saturated heterocycles. The molecule has 0 aliphatic carbocycles. The van der Waals surface area contributed by atoms with Crippen LogP contribution in [-0.4, -0.2) is 42.0 Å². The minimum absolute atomic E-state index is 0.0578. The van der Waals surface area contributed by atoms with E-state index in [4.69, 9.17) is 4.74 Å². The van der Waals surface area contributed by atoms with Crippen LogP contribution < -0.4 is 5.32 Å². The lowest BCUT2D eigenvalue weighted by atomic mass is 9.99. The fourth-order valence-electron chi connectivity index (χ4n) is 3.07. The van der Waals surface area contributed by atoms with Gasteiger partial charge in [-0.05, 0) is 25.3 Å². The summed E-state index contributed by atoms with van der Waals surface area (Å²) >= 11 is 0. The average Bonchev–Trinajstić information content (AvgIpc) is 2.90. The van der Waals surface area contributed by atoms with E-state index in [-0.39, 0.29) is 24.0 Å². The zero-order valence-corrected chi connectivity index (χ0v) is 12.2. The summed E-state index contributed by atoms with van der Waals surface area (Å²) in [5.74, 6) is -0.178. The fourth-order valence-corrected chi connectivity index (χ4v) is 3.07. The maximum absolute atomic E-state index is 12.7. The van der Waals surface area contributed by atoms with Crippen molar-refractivity contribution in [2.75, 3.05) is 19.7 Å². The minimum Gasteiger partial charge on any atom is -0.373 e. The molecule has 112 valence electrons. The predicted octanol–water partition coefficient (Wildman–Crippen LogP) is 1.26. The molecule has 0 spiro atoms. The molecule has 1 aromatic rings. The highest BCUT2D eigenvalue weighted by atomic mass is 16.5. The number of ether oxygens (including phenoxy) is 1. The largest absolute Gasteiger partial charge is 0.373 e. The fraction of sp³-hybridized carbons (Fsp3) is 0.500. The zero-order chi connectivity index (χ0) is 14.9. The van der Waals surface area contributed by atoms with Gasteiger partial charge in [0.2, 0.25) is 11.8 Å². The quantitative estimate of drug-likeness (QED) is 0.911. The van der Waals surface area contributed by atoms with Gasteiger partial charge in [0.15, 0.2) is 0 Å². The van der Waals surface area contributed by atoms with Crippen molar-refractivity contribution in [2.45, 2.75) is 31.4 Å². The van der Waals surface area contributed by atoms with E-state index in [1.165, 1.54) is 0 Å². The molecule has 0 aromatic heterocycles. The molecule has 0 saturated carbocycles. The number of amides is 2. The Labute approximate surface area is 124 Å². The summed E-state index contributed by atoms with van der Waals surface area (Å²) in [6.07, 6.45) is 1.93. The van der Waals surface area contributed by atoms with Gasteiger partial charge in [0.05, 0.1) is 18.7 Å². The van der Waals surface area contributed by atoms with Crippen LogP contribution >= 0.6 is 0 Å². The molecule has 2 heterocycles. The van der Waals surface area contributed by atoms with Crippen LogP contribution in [0.15, 0.2) is 30.3 Å². The highest BCUT2D eigenvalue weighted by Crippen LogP contribution is 2.28. The first-order valence-electron chi connectivity index (χ1n) is 7.34. The van der Waals surface area contributed by atoms with Gasteiger partial charge in [0.1, 0.15) is 6.04 Å². The molecule has 2 atom stereocenters. The van der Waals surface area contributed by atoms with Crippen LogP contribution in [0.1, 0.15) is 31.4 Å². The van der Waals surface area contributed by atoms with E-state index in [0.717, 1.165) is 25.0 Å². The monoisotopic (exact) mass is 288 g/mol. The molecule has 0 bridgehead atoms. The van der Waals surface area contributed by atoms with E-state index in [1.54, 1.807) is 4.90 Å². The molecule has 2 unspecified atom stereocenters. The van der Waals surface area contributed by atoms with E-state index in [2.05, 4.69) is 5.32 Å². The Balaban J connectivity index is 1.78. The maximum atomic E-state index is 12.7. The van der Waals surface area contributed by atoms with Crippen LogP contribution in [0.3, 0.4) is 0 Å². The molecule has 1 N–H and O–H groups in total. The minimum atomic E-state index is -0.586. The number of hydrogen-bond acceptors (Lipinski definition) is 3. The number of benzene rings is 1. The summed E-state index contributed by atoms with van der Waals surface area (Å²) in [4.78, 5) is 26.2. The number of nitrogens with zero attached hydrogens (tertiary/aromatic N) is 1. The van der Waals surface area contributed by atoms with Crippen molar-refractivity contribution in [2.24, 2.45) is 0 Å². The van der Waals surface area contributed by atoms with Gasteiger partial charge in [-0.3, -0.25) is 9.59 Å². The second-order valence-corrected chi connectivity index (χ2v) is 6.01. The lowest BCUT2D eigenvalue weighted by Crippen LogP contribution is -2.56. The third kappa shape index (κ3) is 2.93. The third-order valence-electron chi connectivity index (χ3n) is 4.16. The summed E-state index contributed by atoms with van der Waals surface area (Å²) in [5.41, 5.74) is 0.493. The number of nitrogens with one attached hydrogen (secondary N) is 1. The van der Waals surface area contributed by atoms with Crippen LogP contribution in [0, 0.1) is 0 Å². The lowest BCUT2D eigenvalue weighted by molar-refractivity contribution is -0.147. The van der Waals surface area contributed by atoms with Gasteiger partial charge in [-0.15, -0.1) is 0 Å². The summed E-state index contributed by atoms with van der Waals surface area (Å²) in [6.45, 7) is 3.33. The highest BCUT2D eigenvalue weighted by Gasteiger charge is 2.39. The predicted molar refractivity (Wildman–Crippen MR) is 77.5 cm³/mol. The Morgan fingerprint density at radius 3 is 2.76 bits per heavy atom. The zero-order valence-electron chi connectivity index (χ0n) is 12.2. The Morgan fingerprint density at radius 1 is 1.33 bits per heavy atom. The highest BCUT2D eigenvalue weighted by molar-refractivity contribution is 5.95. The molecule has 0 radical (unpaired) electrons. The topological polar surface area (TPSA) is 58.6 Å². The molecule has 2 fully saturated rings. The van der Waals surface area contributed by atoms with Crippen molar-refractivity contribution in [3.05, 3.63) is 35.9 Å². The molecule has 5 heteroatoms. The van der Waals surface area contributed by atoms with Crippen LogP contribution in [0.5, 0.6) is 0 Å². The molecular formula is C16H20N2O3. The normalized spacial score (nSPS) is 29.6. The van der Waals surface area contributed by atoms with Crippen LogP contribution in [0.25, 0.3) is 0 Å². The van der Waals surface area contributed by atoms with Crippen molar-refractivity contribution in [1.29, 1.82) is 0 Å². The SMILES string of the molecule is CC1(CN2CC(=O)NC(c3ccccc3)C2=O)CCCO1. The molecule has 1 aromatic carbocycles. The second kappa shape index (κ2) is 5.48. The standard InChI is InChI=1S/C16H20N2O3/c1-16(8-5-9-21-16)11-18-10-13(19)17-14(15(18)20)12-6-3-2-4-7-12/h2-4,6-7,14H,5,8-11H2,1H3,(H,17,19). The summed E-state index contributed by atoms with van der Waals surface area (Å²) in [5, 5.41) is 2.78. The second-order valence-electron chi connectivity index (χ2n) is 6.01. The van der Waals surface area contributed by atoms with Crippen molar-refractivity contribution in [3.8, 4) is 0 Å². The molecule has 2 amide bonds. The van der Waals surface area contributed by atoms with Gasteiger partial charge in [0, 0.05) is 6.61 Å². The van der Waals surface area contributed by atoms with Gasteiger partial charge in [-0.25, -0.2) is 0 Å². The molecule has 3 rings (SSSR count). The van der Waals surface area contributed by atoms with E-state index >= 15 is 0 Å². The van der Waals surface area contributed by atoms with E-state index in [1.807, 2.05) is 37.3 Å². The lowest BCUT2D eigenvalue weighted by Gasteiger charge is -2.37. The third-order valence-corrected chi connectivity index (χ3v) is 4.16. The summed E-state index contributed by atoms with van der Waals surface area (Å²) < 4.78 is 5.74.